The highest BCUT2D eigenvalue weighted by Crippen LogP contribution is 2.26. The van der Waals surface area contributed by atoms with E-state index < -0.39 is 10.8 Å². The Morgan fingerprint density at radius 1 is 1.42 bits per heavy atom. The van der Waals surface area contributed by atoms with Crippen LogP contribution in [0.25, 0.3) is 0 Å². The van der Waals surface area contributed by atoms with E-state index in [0.717, 1.165) is 6.42 Å². The maximum absolute atomic E-state index is 11.7. The average molecular weight is 284 g/mol. The zero-order chi connectivity index (χ0) is 14.3. The van der Waals surface area contributed by atoms with E-state index in [-0.39, 0.29) is 12.3 Å². The molecular weight excluding hydrogens is 264 g/mol. The molecule has 0 aliphatic rings. The van der Waals surface area contributed by atoms with Gasteiger partial charge in [0.2, 0.25) is 5.91 Å². The van der Waals surface area contributed by atoms with Crippen LogP contribution < -0.4 is 15.8 Å². The zero-order valence-electron chi connectivity index (χ0n) is 11.3. The van der Waals surface area contributed by atoms with E-state index in [1.54, 1.807) is 18.2 Å². The van der Waals surface area contributed by atoms with Crippen LogP contribution in [0.3, 0.4) is 0 Å². The van der Waals surface area contributed by atoms with Crippen LogP contribution in [0, 0.1) is 0 Å². The number of benzene rings is 1. The molecule has 1 aromatic carbocycles. The molecule has 0 aliphatic heterocycles. The Hall–Kier alpha value is -1.56. The maximum atomic E-state index is 11.7. The number of anilines is 2. The minimum atomic E-state index is -0.922. The van der Waals surface area contributed by atoms with Crippen molar-refractivity contribution in [2.45, 2.75) is 19.8 Å². The second kappa shape index (κ2) is 7.78. The Labute approximate surface area is 116 Å². The highest BCUT2D eigenvalue weighted by Gasteiger charge is 2.09. The summed E-state index contributed by atoms with van der Waals surface area (Å²) in [7, 11) is 0.593. The minimum absolute atomic E-state index is 0.174. The van der Waals surface area contributed by atoms with E-state index in [9.17, 15) is 9.00 Å². The van der Waals surface area contributed by atoms with E-state index in [0.29, 0.717) is 28.6 Å². The lowest BCUT2D eigenvalue weighted by atomic mass is 10.2. The van der Waals surface area contributed by atoms with Gasteiger partial charge in [-0.15, -0.1) is 0 Å². The largest absolute Gasteiger partial charge is 0.494 e. The molecule has 0 aromatic heterocycles. The molecule has 1 rings (SSSR count). The van der Waals surface area contributed by atoms with Gasteiger partial charge in [-0.3, -0.25) is 9.00 Å². The Kier molecular flexibility index (Phi) is 6.35. The van der Waals surface area contributed by atoms with E-state index in [1.807, 2.05) is 6.92 Å². The second-order valence-corrected chi connectivity index (χ2v) is 5.80. The van der Waals surface area contributed by atoms with Gasteiger partial charge in [-0.25, -0.2) is 0 Å². The third-order valence-electron chi connectivity index (χ3n) is 2.49. The van der Waals surface area contributed by atoms with Crippen LogP contribution in [0.4, 0.5) is 11.4 Å². The van der Waals surface area contributed by atoms with Crippen molar-refractivity contribution >= 4 is 28.1 Å². The van der Waals surface area contributed by atoms with Gasteiger partial charge in [0.15, 0.2) is 0 Å². The number of nitrogens with one attached hydrogen (secondary N) is 1. The summed E-state index contributed by atoms with van der Waals surface area (Å²) in [5, 5.41) is 2.73. The van der Waals surface area contributed by atoms with Crippen molar-refractivity contribution in [1.82, 2.24) is 0 Å². The van der Waals surface area contributed by atoms with Gasteiger partial charge < -0.3 is 15.8 Å². The van der Waals surface area contributed by atoms with Crippen LogP contribution >= 0.6 is 0 Å². The standard InChI is InChI=1S/C13H20N2O3S/c1-3-7-19(17)8-6-13(16)15-11-5-4-10(14)9-12(11)18-2/h4-5,9H,3,6-8,14H2,1-2H3,(H,15,16). The van der Waals surface area contributed by atoms with Gasteiger partial charge in [0.05, 0.1) is 12.8 Å². The first-order valence-electron chi connectivity index (χ1n) is 6.15. The van der Waals surface area contributed by atoms with Crippen LogP contribution in [-0.2, 0) is 15.6 Å². The number of ether oxygens (including phenoxy) is 1. The van der Waals surface area contributed by atoms with E-state index in [4.69, 9.17) is 10.5 Å². The molecule has 0 radical (unpaired) electrons. The van der Waals surface area contributed by atoms with Crippen molar-refractivity contribution in [3.05, 3.63) is 18.2 Å². The number of amides is 1. The number of carbonyl (C=O) groups excluding carboxylic acids is 1. The van der Waals surface area contributed by atoms with Crippen molar-refractivity contribution in [2.75, 3.05) is 29.7 Å². The number of hydrogen-bond donors (Lipinski definition) is 2. The van der Waals surface area contributed by atoms with Crippen LogP contribution in [-0.4, -0.2) is 28.7 Å². The van der Waals surface area contributed by atoms with Crippen molar-refractivity contribution in [3.8, 4) is 5.75 Å². The lowest BCUT2D eigenvalue weighted by Gasteiger charge is -2.10. The van der Waals surface area contributed by atoms with Crippen molar-refractivity contribution < 1.29 is 13.7 Å². The monoisotopic (exact) mass is 284 g/mol. The molecule has 106 valence electrons. The molecule has 1 amide bonds. The normalized spacial score (nSPS) is 11.9. The van der Waals surface area contributed by atoms with Gasteiger partial charge in [-0.1, -0.05) is 6.92 Å². The predicted molar refractivity (Wildman–Crippen MR) is 78.8 cm³/mol. The van der Waals surface area contributed by atoms with Gasteiger partial charge in [-0.2, -0.15) is 0 Å². The molecule has 0 aliphatic carbocycles. The first-order valence-corrected chi connectivity index (χ1v) is 7.64. The molecule has 3 N–H and O–H groups in total. The number of carbonyl (C=O) groups is 1. The molecule has 0 fully saturated rings. The van der Waals surface area contributed by atoms with Gasteiger partial charge in [0.1, 0.15) is 5.75 Å². The summed E-state index contributed by atoms with van der Waals surface area (Å²) in [6.07, 6.45) is 1.10. The highest BCUT2D eigenvalue weighted by molar-refractivity contribution is 7.84. The fourth-order valence-corrected chi connectivity index (χ4v) is 2.63. The third kappa shape index (κ3) is 5.30. The number of nitrogens with two attached hydrogens (primary N) is 1. The predicted octanol–water partition coefficient (Wildman–Crippen LogP) is 1.76. The van der Waals surface area contributed by atoms with Gasteiger partial charge in [0, 0.05) is 40.5 Å². The maximum Gasteiger partial charge on any atom is 0.225 e. The number of hydrogen-bond acceptors (Lipinski definition) is 4. The topological polar surface area (TPSA) is 81.4 Å². The molecule has 0 spiro atoms. The summed E-state index contributed by atoms with van der Waals surface area (Å²) in [5.41, 5.74) is 6.77. The molecule has 0 bridgehead atoms. The summed E-state index contributed by atoms with van der Waals surface area (Å²) >= 11 is 0. The molecule has 1 atom stereocenters. The Morgan fingerprint density at radius 2 is 2.16 bits per heavy atom. The fourth-order valence-electron chi connectivity index (χ4n) is 1.56. The molecule has 6 heteroatoms. The molecule has 0 saturated heterocycles. The first kappa shape index (κ1) is 15.5. The summed E-state index contributed by atoms with van der Waals surface area (Å²) < 4.78 is 16.6. The van der Waals surface area contributed by atoms with Crippen molar-refractivity contribution in [3.63, 3.8) is 0 Å². The quantitative estimate of drug-likeness (QED) is 0.748. The lowest BCUT2D eigenvalue weighted by Crippen LogP contribution is -2.16. The van der Waals surface area contributed by atoms with Gasteiger partial charge in [0.25, 0.3) is 0 Å². The Balaban J connectivity index is 2.55. The Morgan fingerprint density at radius 3 is 2.79 bits per heavy atom. The second-order valence-electron chi connectivity index (χ2n) is 4.11. The fraction of sp³-hybridized carbons (Fsp3) is 0.462. The molecule has 5 nitrogen and oxygen atoms in total. The molecular formula is C13H20N2O3S. The van der Waals surface area contributed by atoms with Crippen LogP contribution in [0.1, 0.15) is 19.8 Å². The van der Waals surface area contributed by atoms with E-state index in [1.165, 1.54) is 7.11 Å². The SMILES string of the molecule is CCCS(=O)CCC(=O)Nc1ccc(N)cc1OC. The number of nitrogen functional groups attached to an aromatic ring is 1. The van der Waals surface area contributed by atoms with Crippen molar-refractivity contribution in [1.29, 1.82) is 0 Å². The smallest absolute Gasteiger partial charge is 0.225 e. The van der Waals surface area contributed by atoms with Crippen molar-refractivity contribution in [2.24, 2.45) is 0 Å². The van der Waals surface area contributed by atoms with Gasteiger partial charge >= 0.3 is 0 Å². The van der Waals surface area contributed by atoms with E-state index >= 15 is 0 Å². The molecule has 0 heterocycles. The molecule has 1 aromatic rings. The number of rotatable bonds is 7. The highest BCUT2D eigenvalue weighted by atomic mass is 32.2. The zero-order valence-corrected chi connectivity index (χ0v) is 12.1. The van der Waals surface area contributed by atoms with E-state index in [2.05, 4.69) is 5.32 Å². The summed E-state index contributed by atoms with van der Waals surface area (Å²) in [4.78, 5) is 11.7. The lowest BCUT2D eigenvalue weighted by molar-refractivity contribution is -0.115. The summed E-state index contributed by atoms with van der Waals surface area (Å²) in [6.45, 7) is 1.97. The summed E-state index contributed by atoms with van der Waals surface area (Å²) in [6, 6.07) is 5.02. The minimum Gasteiger partial charge on any atom is -0.494 e. The average Bonchev–Trinajstić information content (AvgIpc) is 2.39. The Bertz CT molecular complexity index is 463. The summed E-state index contributed by atoms with van der Waals surface area (Å²) in [5.74, 6) is 1.37. The number of methoxy groups -OCH3 is 1. The molecule has 19 heavy (non-hydrogen) atoms. The molecule has 0 saturated carbocycles. The third-order valence-corrected chi connectivity index (χ3v) is 4.01. The first-order chi connectivity index (χ1) is 9.06. The van der Waals surface area contributed by atoms with Crippen LogP contribution in [0.2, 0.25) is 0 Å². The van der Waals surface area contributed by atoms with Gasteiger partial charge in [-0.05, 0) is 18.6 Å². The van der Waals surface area contributed by atoms with Crippen LogP contribution in [0.15, 0.2) is 18.2 Å². The molecule has 1 unspecified atom stereocenters. The van der Waals surface area contributed by atoms with Crippen LogP contribution in [0.5, 0.6) is 5.75 Å².